The van der Waals surface area contributed by atoms with Gasteiger partial charge in [0.15, 0.2) is 0 Å². The first-order chi connectivity index (χ1) is 7.60. The van der Waals surface area contributed by atoms with Crippen molar-refractivity contribution >= 4 is 10.8 Å². The number of hydrogen-bond donors (Lipinski definition) is 2. The molecule has 2 rings (SSSR count). The quantitative estimate of drug-likeness (QED) is 0.833. The van der Waals surface area contributed by atoms with Crippen molar-refractivity contribution in [3.05, 3.63) is 30.3 Å². The molecule has 0 aromatic heterocycles. The molecule has 0 aliphatic carbocycles. The zero-order valence-corrected chi connectivity index (χ0v) is 10.4. The van der Waals surface area contributed by atoms with Crippen molar-refractivity contribution in [3.8, 4) is 0 Å². The molecule has 1 fully saturated rings. The van der Waals surface area contributed by atoms with Crippen LogP contribution in [0, 0.1) is 5.92 Å². The Morgan fingerprint density at radius 3 is 2.25 bits per heavy atom. The van der Waals surface area contributed by atoms with Crippen LogP contribution in [0.5, 0.6) is 0 Å². The van der Waals surface area contributed by atoms with Gasteiger partial charge in [0.05, 0.1) is 4.90 Å². The van der Waals surface area contributed by atoms with E-state index in [1.54, 1.807) is 12.1 Å². The molecule has 3 nitrogen and oxygen atoms in total. The molecule has 1 aliphatic rings. The lowest BCUT2D eigenvalue weighted by Crippen LogP contribution is -2.35. The number of nitrogens with zero attached hydrogens (tertiary/aromatic N) is 1. The van der Waals surface area contributed by atoms with Crippen LogP contribution in [0.4, 0.5) is 0 Å². The number of hydrogen-bond acceptors (Lipinski definition) is 3. The number of benzene rings is 1. The second-order valence-corrected chi connectivity index (χ2v) is 6.47. The number of rotatable bonds is 2. The van der Waals surface area contributed by atoms with Gasteiger partial charge in [0, 0.05) is 13.1 Å². The fourth-order valence-corrected chi connectivity index (χ4v) is 3.53. The SMILES string of the molecule is CC1CCN(S(O)(O)c2ccccc2)CC1. The van der Waals surface area contributed by atoms with Gasteiger partial charge in [-0.05, 0) is 30.9 Å². The third-order valence-corrected chi connectivity index (χ3v) is 5.15. The van der Waals surface area contributed by atoms with E-state index in [4.69, 9.17) is 0 Å². The normalized spacial score (nSPS) is 20.9. The molecule has 0 bridgehead atoms. The van der Waals surface area contributed by atoms with Gasteiger partial charge in [0.1, 0.15) is 0 Å². The maximum Gasteiger partial charge on any atom is 0.0752 e. The van der Waals surface area contributed by atoms with E-state index in [-0.39, 0.29) is 0 Å². The van der Waals surface area contributed by atoms with E-state index in [1.807, 2.05) is 22.5 Å². The van der Waals surface area contributed by atoms with Crippen molar-refractivity contribution in [2.45, 2.75) is 24.7 Å². The smallest absolute Gasteiger partial charge is 0.0752 e. The van der Waals surface area contributed by atoms with Gasteiger partial charge >= 0.3 is 0 Å². The average molecular weight is 241 g/mol. The van der Waals surface area contributed by atoms with Gasteiger partial charge in [-0.25, -0.2) is 4.31 Å². The Hall–Kier alpha value is -0.550. The Kier molecular flexibility index (Phi) is 3.54. The summed E-state index contributed by atoms with van der Waals surface area (Å²) in [6, 6.07) is 9.14. The first-order valence-electron chi connectivity index (χ1n) is 5.69. The zero-order valence-electron chi connectivity index (χ0n) is 9.54. The molecule has 90 valence electrons. The minimum absolute atomic E-state index is 0.629. The summed E-state index contributed by atoms with van der Waals surface area (Å²) >= 11 is 0. The van der Waals surface area contributed by atoms with Crippen LogP contribution in [0.15, 0.2) is 35.2 Å². The largest absolute Gasteiger partial charge is 0.281 e. The van der Waals surface area contributed by atoms with Gasteiger partial charge < -0.3 is 0 Å². The van der Waals surface area contributed by atoms with E-state index in [2.05, 4.69) is 6.92 Å². The average Bonchev–Trinajstić information content (AvgIpc) is 2.31. The van der Waals surface area contributed by atoms with Crippen molar-refractivity contribution < 1.29 is 9.11 Å². The summed E-state index contributed by atoms with van der Waals surface area (Å²) in [6.45, 7) is 3.77. The zero-order chi connectivity index (χ0) is 11.6. The van der Waals surface area contributed by atoms with Gasteiger partial charge in [-0.3, -0.25) is 9.11 Å². The summed E-state index contributed by atoms with van der Waals surface area (Å²) in [4.78, 5) is 0.629. The Morgan fingerprint density at radius 1 is 1.12 bits per heavy atom. The summed E-state index contributed by atoms with van der Waals surface area (Å²) in [5, 5.41) is 0. The monoisotopic (exact) mass is 241 g/mol. The van der Waals surface area contributed by atoms with Crippen LogP contribution in [-0.2, 0) is 0 Å². The molecule has 0 radical (unpaired) electrons. The lowest BCUT2D eigenvalue weighted by Gasteiger charge is -2.45. The second kappa shape index (κ2) is 4.75. The molecule has 2 N–H and O–H groups in total. The van der Waals surface area contributed by atoms with Crippen molar-refractivity contribution in [2.24, 2.45) is 5.92 Å². The maximum atomic E-state index is 10.3. The summed E-state index contributed by atoms with van der Waals surface area (Å²) in [6.07, 6.45) is 2.09. The third kappa shape index (κ3) is 2.40. The predicted octanol–water partition coefficient (Wildman–Crippen LogP) is 3.44. The highest BCUT2D eigenvalue weighted by Gasteiger charge is 2.28. The highest BCUT2D eigenvalue weighted by Crippen LogP contribution is 2.52. The fourth-order valence-electron chi connectivity index (χ4n) is 1.99. The predicted molar refractivity (Wildman–Crippen MR) is 67.5 cm³/mol. The van der Waals surface area contributed by atoms with Crippen molar-refractivity contribution in [1.82, 2.24) is 4.31 Å². The van der Waals surface area contributed by atoms with Crippen LogP contribution in [0.25, 0.3) is 0 Å². The minimum atomic E-state index is -2.75. The Balaban J connectivity index is 2.13. The van der Waals surface area contributed by atoms with Gasteiger partial charge in [-0.15, -0.1) is 10.8 Å². The van der Waals surface area contributed by atoms with Crippen LogP contribution in [0.3, 0.4) is 0 Å². The molecule has 0 saturated carbocycles. The van der Waals surface area contributed by atoms with E-state index in [0.717, 1.165) is 25.9 Å². The molecular weight excluding hydrogens is 222 g/mol. The summed E-state index contributed by atoms with van der Waals surface area (Å²) in [5.41, 5.74) is 0. The maximum absolute atomic E-state index is 10.3. The van der Waals surface area contributed by atoms with Gasteiger partial charge in [-0.2, -0.15) is 0 Å². The van der Waals surface area contributed by atoms with Crippen molar-refractivity contribution in [1.29, 1.82) is 0 Å². The van der Waals surface area contributed by atoms with E-state index < -0.39 is 10.8 Å². The molecule has 1 aromatic carbocycles. The topological polar surface area (TPSA) is 43.7 Å². The molecule has 1 aromatic rings. The standard InChI is InChI=1S/C12H19NO2S/c1-11-7-9-13(10-8-11)16(14,15)12-5-3-2-4-6-12/h2-6,11,14-15H,7-10H2,1H3. The van der Waals surface area contributed by atoms with Crippen molar-refractivity contribution in [2.75, 3.05) is 13.1 Å². The van der Waals surface area contributed by atoms with E-state index in [1.165, 1.54) is 0 Å². The molecule has 0 spiro atoms. The van der Waals surface area contributed by atoms with Crippen molar-refractivity contribution in [3.63, 3.8) is 0 Å². The van der Waals surface area contributed by atoms with Crippen LogP contribution in [0.2, 0.25) is 0 Å². The fraction of sp³-hybridized carbons (Fsp3) is 0.500. The molecule has 1 aliphatic heterocycles. The van der Waals surface area contributed by atoms with Crippen LogP contribution in [0.1, 0.15) is 19.8 Å². The Morgan fingerprint density at radius 2 is 1.69 bits per heavy atom. The molecule has 1 heterocycles. The van der Waals surface area contributed by atoms with Gasteiger partial charge in [0.25, 0.3) is 0 Å². The molecule has 16 heavy (non-hydrogen) atoms. The molecule has 1 saturated heterocycles. The highest BCUT2D eigenvalue weighted by atomic mass is 32.3. The van der Waals surface area contributed by atoms with Crippen LogP contribution >= 0.6 is 10.8 Å². The van der Waals surface area contributed by atoms with E-state index in [0.29, 0.717) is 10.8 Å². The Bertz CT molecular complexity index is 334. The lowest BCUT2D eigenvalue weighted by molar-refractivity contribution is 0.262. The number of piperidine rings is 1. The van der Waals surface area contributed by atoms with Crippen LogP contribution < -0.4 is 0 Å². The summed E-state index contributed by atoms with van der Waals surface area (Å²) in [7, 11) is -2.75. The second-order valence-electron chi connectivity index (χ2n) is 4.44. The Labute approximate surface area is 98.6 Å². The molecular formula is C12H19NO2S. The molecule has 0 amide bonds. The van der Waals surface area contributed by atoms with Gasteiger partial charge in [0.2, 0.25) is 0 Å². The minimum Gasteiger partial charge on any atom is -0.281 e. The van der Waals surface area contributed by atoms with E-state index in [9.17, 15) is 9.11 Å². The van der Waals surface area contributed by atoms with Crippen LogP contribution in [-0.4, -0.2) is 26.5 Å². The first-order valence-corrected chi connectivity index (χ1v) is 7.19. The third-order valence-electron chi connectivity index (χ3n) is 3.16. The van der Waals surface area contributed by atoms with Gasteiger partial charge in [-0.1, -0.05) is 25.1 Å². The molecule has 0 unspecified atom stereocenters. The van der Waals surface area contributed by atoms with E-state index >= 15 is 0 Å². The molecule has 0 atom stereocenters. The highest BCUT2D eigenvalue weighted by molar-refractivity contribution is 8.22. The molecule has 4 heteroatoms. The lowest BCUT2D eigenvalue weighted by atomic mass is 10.0. The first kappa shape index (κ1) is 11.9. The summed E-state index contributed by atoms with van der Waals surface area (Å²) < 4.78 is 22.3. The summed E-state index contributed by atoms with van der Waals surface area (Å²) in [5.74, 6) is 0.697.